The Morgan fingerprint density at radius 2 is 2.03 bits per heavy atom. The van der Waals surface area contributed by atoms with E-state index in [2.05, 4.69) is 11.6 Å². The van der Waals surface area contributed by atoms with E-state index in [1.165, 1.54) is 0 Å². The van der Waals surface area contributed by atoms with E-state index in [1.54, 1.807) is 21.6 Å². The number of amides is 1. The molecule has 0 N–H and O–H groups in total. The van der Waals surface area contributed by atoms with Gasteiger partial charge in [0.15, 0.2) is 6.61 Å². The molecule has 29 heavy (non-hydrogen) atoms. The number of hydrogen-bond acceptors (Lipinski definition) is 5. The predicted molar refractivity (Wildman–Crippen MR) is 111 cm³/mol. The van der Waals surface area contributed by atoms with Crippen LogP contribution in [0.5, 0.6) is 0 Å². The molecule has 3 rings (SSSR count). The van der Waals surface area contributed by atoms with Crippen molar-refractivity contribution in [1.29, 1.82) is 0 Å². The van der Waals surface area contributed by atoms with Crippen LogP contribution in [0.25, 0.3) is 10.9 Å². The lowest BCUT2D eigenvalue weighted by Crippen LogP contribution is -2.35. The minimum absolute atomic E-state index is 0.0602. The summed E-state index contributed by atoms with van der Waals surface area (Å²) in [4.78, 5) is 43.4. The first-order valence-corrected chi connectivity index (χ1v) is 9.98. The zero-order valence-corrected chi connectivity index (χ0v) is 17.0. The van der Waals surface area contributed by atoms with Gasteiger partial charge in [0.05, 0.1) is 17.3 Å². The number of rotatable bonds is 9. The Kier molecular flexibility index (Phi) is 6.46. The van der Waals surface area contributed by atoms with Gasteiger partial charge in [-0.15, -0.1) is 0 Å². The lowest BCUT2D eigenvalue weighted by Gasteiger charge is -2.20. The quantitative estimate of drug-likeness (QED) is 0.480. The van der Waals surface area contributed by atoms with E-state index in [4.69, 9.17) is 4.74 Å². The van der Waals surface area contributed by atoms with Crippen LogP contribution in [0, 0.1) is 0 Å². The molecule has 7 heteroatoms. The van der Waals surface area contributed by atoms with Crippen molar-refractivity contribution in [3.8, 4) is 0 Å². The van der Waals surface area contributed by atoms with Crippen molar-refractivity contribution in [3.05, 3.63) is 52.6 Å². The molecule has 1 aliphatic carbocycles. The molecule has 2 aromatic rings. The molecular formula is C22H27N3O4. The Morgan fingerprint density at radius 1 is 1.31 bits per heavy atom. The number of likely N-dealkylation sites (N-methyl/N-ethyl adjacent to an activating group) is 1. The normalized spacial score (nSPS) is 13.3. The van der Waals surface area contributed by atoms with E-state index in [9.17, 15) is 14.4 Å². The van der Waals surface area contributed by atoms with Crippen LogP contribution in [0.15, 0.2) is 41.2 Å². The van der Waals surface area contributed by atoms with E-state index in [0.29, 0.717) is 36.2 Å². The van der Waals surface area contributed by atoms with Crippen LogP contribution in [-0.4, -0.2) is 46.0 Å². The molecule has 0 radical (unpaired) electrons. The summed E-state index contributed by atoms with van der Waals surface area (Å²) in [6.45, 7) is 8.20. The number of aryl methyl sites for hydroxylation is 1. The molecule has 1 saturated carbocycles. The summed E-state index contributed by atoms with van der Waals surface area (Å²) in [5, 5.41) is 0.591. The van der Waals surface area contributed by atoms with Crippen molar-refractivity contribution in [3.63, 3.8) is 0 Å². The molecule has 0 spiro atoms. The first kappa shape index (κ1) is 20.8. The fraction of sp³-hybridized carbons (Fsp3) is 0.455. The van der Waals surface area contributed by atoms with Crippen molar-refractivity contribution >= 4 is 22.8 Å². The Labute approximate surface area is 170 Å². The Hall–Kier alpha value is -2.96. The van der Waals surface area contributed by atoms with Crippen LogP contribution in [0.1, 0.15) is 45.0 Å². The molecule has 1 aliphatic rings. The summed E-state index contributed by atoms with van der Waals surface area (Å²) >= 11 is 0. The van der Waals surface area contributed by atoms with Crippen LogP contribution in [0.3, 0.4) is 0 Å². The molecule has 0 aliphatic heterocycles. The Morgan fingerprint density at radius 3 is 2.69 bits per heavy atom. The topological polar surface area (TPSA) is 81.5 Å². The Bertz CT molecular complexity index is 991. The van der Waals surface area contributed by atoms with Crippen molar-refractivity contribution in [2.75, 3.05) is 19.7 Å². The van der Waals surface area contributed by atoms with Gasteiger partial charge in [0.1, 0.15) is 5.82 Å². The summed E-state index contributed by atoms with van der Waals surface area (Å²) in [5.41, 5.74) is 1.44. The smallest absolute Gasteiger partial charge is 0.306 e. The van der Waals surface area contributed by atoms with Gasteiger partial charge >= 0.3 is 5.97 Å². The van der Waals surface area contributed by atoms with Gasteiger partial charge in [-0.3, -0.25) is 19.0 Å². The van der Waals surface area contributed by atoms with Crippen molar-refractivity contribution in [2.24, 2.45) is 0 Å². The van der Waals surface area contributed by atoms with E-state index < -0.39 is 5.97 Å². The number of benzene rings is 1. The average Bonchev–Trinajstić information content (AvgIpc) is 3.53. The third-order valence-electron chi connectivity index (χ3n) is 4.90. The largest absolute Gasteiger partial charge is 0.456 e. The minimum atomic E-state index is -0.477. The van der Waals surface area contributed by atoms with Crippen LogP contribution in [0.4, 0.5) is 0 Å². The standard InChI is InChI=1S/C22H27N3O4/c1-4-24(13-15(2)3)20(26)14-29-21(27)12-11-19-23-18-8-6-5-7-17(18)22(28)25(19)16-9-10-16/h5-8,16H,2,4,9-14H2,1,3H3. The van der Waals surface area contributed by atoms with E-state index >= 15 is 0 Å². The summed E-state index contributed by atoms with van der Waals surface area (Å²) in [6, 6.07) is 7.40. The zero-order chi connectivity index (χ0) is 21.0. The number of nitrogens with zero attached hydrogens (tertiary/aromatic N) is 3. The second-order valence-electron chi connectivity index (χ2n) is 7.48. The summed E-state index contributed by atoms with van der Waals surface area (Å²) in [7, 11) is 0. The molecule has 154 valence electrons. The highest BCUT2D eigenvalue weighted by atomic mass is 16.5. The number of ether oxygens (including phenoxy) is 1. The third kappa shape index (κ3) is 5.10. The minimum Gasteiger partial charge on any atom is -0.456 e. The highest BCUT2D eigenvalue weighted by Gasteiger charge is 2.28. The van der Waals surface area contributed by atoms with E-state index in [1.807, 2.05) is 26.0 Å². The fourth-order valence-electron chi connectivity index (χ4n) is 3.30. The van der Waals surface area contributed by atoms with Crippen LogP contribution in [-0.2, 0) is 20.7 Å². The van der Waals surface area contributed by atoms with Gasteiger partial charge in [-0.05, 0) is 38.8 Å². The highest BCUT2D eigenvalue weighted by Crippen LogP contribution is 2.34. The van der Waals surface area contributed by atoms with Gasteiger partial charge in [-0.25, -0.2) is 4.98 Å². The number of carbonyl (C=O) groups is 2. The van der Waals surface area contributed by atoms with Crippen LogP contribution < -0.4 is 5.56 Å². The molecular weight excluding hydrogens is 370 g/mol. The van der Waals surface area contributed by atoms with Crippen molar-refractivity contribution < 1.29 is 14.3 Å². The monoisotopic (exact) mass is 397 g/mol. The predicted octanol–water partition coefficient (Wildman–Crippen LogP) is 2.63. The van der Waals surface area contributed by atoms with Crippen LogP contribution in [0.2, 0.25) is 0 Å². The van der Waals surface area contributed by atoms with Gasteiger partial charge in [0, 0.05) is 25.6 Å². The zero-order valence-electron chi connectivity index (χ0n) is 17.0. The maximum absolute atomic E-state index is 12.8. The number of fused-ring (bicyclic) bond motifs is 1. The molecule has 1 aromatic carbocycles. The average molecular weight is 397 g/mol. The van der Waals surface area contributed by atoms with E-state index in [0.717, 1.165) is 18.4 Å². The van der Waals surface area contributed by atoms with Gasteiger partial charge in [0.2, 0.25) is 0 Å². The lowest BCUT2D eigenvalue weighted by atomic mass is 10.2. The Balaban J connectivity index is 1.64. The van der Waals surface area contributed by atoms with Gasteiger partial charge in [-0.2, -0.15) is 0 Å². The summed E-state index contributed by atoms with van der Waals surface area (Å²) in [5.74, 6) is -0.131. The lowest BCUT2D eigenvalue weighted by molar-refractivity contribution is -0.151. The maximum Gasteiger partial charge on any atom is 0.306 e. The molecule has 1 amide bonds. The van der Waals surface area contributed by atoms with Crippen molar-refractivity contribution in [1.82, 2.24) is 14.5 Å². The first-order chi connectivity index (χ1) is 13.9. The second kappa shape index (κ2) is 9.03. The molecule has 0 atom stereocenters. The first-order valence-electron chi connectivity index (χ1n) is 9.98. The van der Waals surface area contributed by atoms with E-state index in [-0.39, 0.29) is 30.5 Å². The number of esters is 1. The number of aromatic nitrogens is 2. The van der Waals surface area contributed by atoms with Crippen LogP contribution >= 0.6 is 0 Å². The maximum atomic E-state index is 12.8. The van der Waals surface area contributed by atoms with Gasteiger partial charge < -0.3 is 9.64 Å². The number of carbonyl (C=O) groups excluding carboxylic acids is 2. The SMILES string of the molecule is C=C(C)CN(CC)C(=O)COC(=O)CCc1nc2ccccc2c(=O)n1C1CC1. The van der Waals surface area contributed by atoms with Gasteiger partial charge in [-0.1, -0.05) is 24.3 Å². The third-order valence-corrected chi connectivity index (χ3v) is 4.90. The molecule has 0 saturated heterocycles. The molecule has 1 fully saturated rings. The summed E-state index contributed by atoms with van der Waals surface area (Å²) in [6.07, 6.45) is 2.26. The molecule has 0 bridgehead atoms. The molecule has 1 aromatic heterocycles. The van der Waals surface area contributed by atoms with Crippen molar-refractivity contribution in [2.45, 2.75) is 45.6 Å². The summed E-state index contributed by atoms with van der Waals surface area (Å²) < 4.78 is 6.86. The number of hydrogen-bond donors (Lipinski definition) is 0. The second-order valence-corrected chi connectivity index (χ2v) is 7.48. The fourth-order valence-corrected chi connectivity index (χ4v) is 3.30. The number of para-hydroxylation sites is 1. The molecule has 1 heterocycles. The van der Waals surface area contributed by atoms with Gasteiger partial charge in [0.25, 0.3) is 11.5 Å². The molecule has 0 unspecified atom stereocenters. The highest BCUT2D eigenvalue weighted by molar-refractivity contribution is 5.81. The molecule has 7 nitrogen and oxygen atoms in total.